The van der Waals surface area contributed by atoms with Crippen molar-refractivity contribution in [1.29, 1.82) is 5.26 Å². The van der Waals surface area contributed by atoms with Crippen molar-refractivity contribution in [3.63, 3.8) is 0 Å². The summed E-state index contributed by atoms with van der Waals surface area (Å²) >= 11 is 0. The minimum atomic E-state index is -1.27. The predicted molar refractivity (Wildman–Crippen MR) is 266 cm³/mol. The van der Waals surface area contributed by atoms with Crippen molar-refractivity contribution in [3.8, 4) is 52.1 Å². The Morgan fingerprint density at radius 2 is 0.938 bits per heavy atom. The number of carbonyl (C=O) groups is 2. The van der Waals surface area contributed by atoms with Crippen LogP contribution in [0.15, 0.2) is 171 Å². The molecule has 0 spiro atoms. The molecule has 28 heteroatoms. The molecule has 8 aromatic heterocycles. The van der Waals surface area contributed by atoms with Gasteiger partial charge in [0.2, 0.25) is 11.6 Å². The van der Waals surface area contributed by atoms with Crippen LogP contribution in [0.3, 0.4) is 0 Å². The van der Waals surface area contributed by atoms with Gasteiger partial charge in [-0.15, -0.1) is 20.4 Å². The number of hydrogen-bond acceptors (Lipinski definition) is 19. The molecule has 0 fully saturated rings. The average Bonchev–Trinajstić information content (AvgIpc) is 4.34. The molecule has 0 unspecified atom stereocenters. The lowest BCUT2D eigenvalue weighted by atomic mass is 10.2. The Kier molecular flexibility index (Phi) is 16.7. The Morgan fingerprint density at radius 3 is 1.38 bits per heavy atom. The number of Topliss-reactive ketones (excluding diaryl/α,β-unsaturated/α-hetero) is 1. The first-order chi connectivity index (χ1) is 38.9. The van der Waals surface area contributed by atoms with Crippen LogP contribution in [0.2, 0.25) is 0 Å². The first kappa shape index (κ1) is 53.5. The fraction of sp³-hybridized carbons (Fsp3) is 0.0962. The molecule has 0 aliphatic heterocycles. The van der Waals surface area contributed by atoms with E-state index < -0.39 is 11.8 Å². The third kappa shape index (κ3) is 13.2. The molecule has 400 valence electrons. The molecule has 4 aromatic carbocycles. The molecule has 12 rings (SSSR count). The molecule has 8 heterocycles. The molecule has 80 heavy (non-hydrogen) atoms. The van der Waals surface area contributed by atoms with Gasteiger partial charge in [-0.25, -0.2) is 51.1 Å². The fourth-order valence-electron chi connectivity index (χ4n) is 7.21. The monoisotopic (exact) mass is 1090 g/mol. The molecule has 0 aliphatic carbocycles. The maximum absolute atomic E-state index is 13.7. The van der Waals surface area contributed by atoms with Crippen LogP contribution in [-0.4, -0.2) is 96.5 Å². The molecule has 0 aliphatic rings. The van der Waals surface area contributed by atoms with Gasteiger partial charge in [0, 0.05) is 53.4 Å². The summed E-state index contributed by atoms with van der Waals surface area (Å²) in [6.07, 6.45) is 7.10. The van der Waals surface area contributed by atoms with E-state index in [2.05, 4.69) is 61.0 Å². The van der Waals surface area contributed by atoms with E-state index in [-0.39, 0.29) is 72.0 Å². The van der Waals surface area contributed by atoms with Gasteiger partial charge in [-0.2, -0.15) is 15.2 Å². The summed E-state index contributed by atoms with van der Waals surface area (Å²) in [6.45, 7) is 2.02. The number of benzene rings is 4. The van der Waals surface area contributed by atoms with Crippen molar-refractivity contribution in [2.75, 3.05) is 0 Å². The van der Waals surface area contributed by atoms with Crippen LogP contribution in [-0.2, 0) is 26.2 Å². The third-order valence-corrected chi connectivity index (χ3v) is 10.9. The molecule has 12 aromatic rings. The van der Waals surface area contributed by atoms with Gasteiger partial charge >= 0.3 is 5.97 Å². The lowest BCUT2D eigenvalue weighted by molar-refractivity contribution is 0.0683. The number of hydrogen-bond donors (Lipinski definition) is 1. The fourth-order valence-corrected chi connectivity index (χ4v) is 7.21. The highest BCUT2D eigenvalue weighted by Gasteiger charge is 2.21. The number of carboxylic acids is 1. The Bertz CT molecular complexity index is 4020. The van der Waals surface area contributed by atoms with Crippen molar-refractivity contribution in [2.24, 2.45) is 0 Å². The second-order valence-electron chi connectivity index (χ2n) is 16.4. The zero-order chi connectivity index (χ0) is 56.0. The molecule has 0 bridgehead atoms. The number of halogens is 4. The molecule has 1 N–H and O–H groups in total. The highest BCUT2D eigenvalue weighted by atomic mass is 19.1. The normalized spacial score (nSPS) is 10.7. The number of carboxylic acid groups (broad SMARTS) is 1. The van der Waals surface area contributed by atoms with E-state index in [1.165, 1.54) is 82.7 Å². The van der Waals surface area contributed by atoms with Gasteiger partial charge in [0.05, 0.1) is 26.2 Å². The summed E-state index contributed by atoms with van der Waals surface area (Å²) in [7, 11) is 0. The standard InChI is InChI=1S/C14H11FN4O2.C13H8FN5O.C13H9FN4O3.C12H9FN4O/c1-9(20)14-16-13(12-6-7-21-18-12)17-19(14)8-10-4-2-3-5-11(10)15;14-10-4-2-1-3-9(10)8-19-13(11-5-6-20-18-11)16-12(7-15)17-19;14-9-4-2-1-3-8(9)7-18-12(10-5-6-21-17-10)15-11(16-18)13(19)20;13-10-4-2-1-3-9(10)7-17-8-14-12(15-17)11-5-6-18-16-11/h2-7H,8H2,1H3;1-6H,8H2;1-6H,7H2,(H,19,20);1-6,8H,7H2. The topological polar surface area (TPSA) is 305 Å². The van der Waals surface area contributed by atoms with E-state index in [9.17, 15) is 27.2 Å². The van der Waals surface area contributed by atoms with Gasteiger partial charge in [0.25, 0.3) is 11.6 Å². The second-order valence-corrected chi connectivity index (χ2v) is 16.4. The number of ketones is 1. The van der Waals surface area contributed by atoms with Crippen LogP contribution in [0.25, 0.3) is 46.1 Å². The Hall–Kier alpha value is -11.4. The van der Waals surface area contributed by atoms with Crippen LogP contribution in [0.4, 0.5) is 17.6 Å². The molecule has 0 saturated heterocycles. The van der Waals surface area contributed by atoms with Gasteiger partial charge in [-0.3, -0.25) is 4.79 Å². The summed E-state index contributed by atoms with van der Waals surface area (Å²) in [5.74, 6) is -1.83. The van der Waals surface area contributed by atoms with E-state index in [0.717, 1.165) is 0 Å². The minimum Gasteiger partial charge on any atom is -0.475 e. The van der Waals surface area contributed by atoms with Crippen LogP contribution in [0, 0.1) is 34.6 Å². The maximum atomic E-state index is 13.7. The first-order valence-electron chi connectivity index (χ1n) is 23.4. The van der Waals surface area contributed by atoms with Crippen LogP contribution >= 0.6 is 0 Å². The van der Waals surface area contributed by atoms with Crippen molar-refractivity contribution in [1.82, 2.24) is 79.7 Å². The van der Waals surface area contributed by atoms with E-state index in [1.54, 1.807) is 95.7 Å². The van der Waals surface area contributed by atoms with E-state index >= 15 is 0 Å². The van der Waals surface area contributed by atoms with E-state index in [1.807, 2.05) is 6.07 Å². The molecule has 0 saturated carbocycles. The number of nitrogens with zero attached hydrogens (tertiary/aromatic N) is 17. The molecular weight excluding hydrogens is 1050 g/mol. The maximum Gasteiger partial charge on any atom is 0.375 e. The largest absolute Gasteiger partial charge is 0.475 e. The van der Waals surface area contributed by atoms with Gasteiger partial charge < -0.3 is 23.2 Å². The van der Waals surface area contributed by atoms with Crippen LogP contribution in [0.5, 0.6) is 0 Å². The Balaban J connectivity index is 0.000000129. The molecule has 0 radical (unpaired) electrons. The van der Waals surface area contributed by atoms with Gasteiger partial charge in [0.1, 0.15) is 60.7 Å². The Morgan fingerprint density at radius 1 is 0.512 bits per heavy atom. The van der Waals surface area contributed by atoms with Crippen molar-refractivity contribution < 1.29 is 50.3 Å². The van der Waals surface area contributed by atoms with Gasteiger partial charge in [-0.05, 0) is 24.3 Å². The minimum absolute atomic E-state index is 0.000612. The summed E-state index contributed by atoms with van der Waals surface area (Å²) in [4.78, 5) is 38.8. The zero-order valence-electron chi connectivity index (χ0n) is 41.3. The van der Waals surface area contributed by atoms with Gasteiger partial charge in [-0.1, -0.05) is 93.4 Å². The zero-order valence-corrected chi connectivity index (χ0v) is 41.3. The van der Waals surface area contributed by atoms with Crippen molar-refractivity contribution in [2.45, 2.75) is 33.1 Å². The van der Waals surface area contributed by atoms with Crippen LogP contribution in [0.1, 0.15) is 56.2 Å². The molecule has 0 atom stereocenters. The predicted octanol–water partition coefficient (Wildman–Crippen LogP) is 8.25. The summed E-state index contributed by atoms with van der Waals surface area (Å²) in [5.41, 5.74) is 3.55. The molecular formula is C52H37F4N17O7. The van der Waals surface area contributed by atoms with E-state index in [4.69, 9.17) is 28.5 Å². The molecule has 24 nitrogen and oxygen atoms in total. The third-order valence-electron chi connectivity index (χ3n) is 10.9. The number of rotatable bonds is 14. The highest BCUT2D eigenvalue weighted by molar-refractivity contribution is 5.91. The summed E-state index contributed by atoms with van der Waals surface area (Å²) < 4.78 is 79.1. The van der Waals surface area contributed by atoms with Crippen LogP contribution < -0.4 is 0 Å². The lowest BCUT2D eigenvalue weighted by Gasteiger charge is -2.05. The lowest BCUT2D eigenvalue weighted by Crippen LogP contribution is -2.11. The van der Waals surface area contributed by atoms with Gasteiger partial charge in [0.15, 0.2) is 46.0 Å². The van der Waals surface area contributed by atoms with Crippen molar-refractivity contribution in [3.05, 3.63) is 216 Å². The SMILES string of the molecule is CC(=O)c1nc(-c2ccon2)nn1Cc1ccccc1F.Fc1ccccc1Cn1cnc(-c2ccon2)n1.N#Cc1nc(-c2ccon2)n(Cc2ccccc2F)n1.O=C(O)c1nc(-c2ccon2)n(Cc2ccccc2F)n1. The first-order valence-corrected chi connectivity index (χ1v) is 23.4. The quantitative estimate of drug-likeness (QED) is 0.0791. The number of aromatic carboxylic acids is 1. The average molecular weight is 1090 g/mol. The number of aromatic nitrogens is 16. The number of carbonyl (C=O) groups excluding carboxylic acids is 1. The highest BCUT2D eigenvalue weighted by Crippen LogP contribution is 2.21. The van der Waals surface area contributed by atoms with E-state index in [0.29, 0.717) is 63.2 Å². The summed E-state index contributed by atoms with van der Waals surface area (Å²) in [6, 6.07) is 33.7. The number of nitriles is 1. The molecule has 0 amide bonds. The second kappa shape index (κ2) is 25.0. The summed E-state index contributed by atoms with van der Waals surface area (Å²) in [5, 5.41) is 49.1. The van der Waals surface area contributed by atoms with Crippen molar-refractivity contribution >= 4 is 11.8 Å². The Labute approximate surface area is 446 Å². The smallest absolute Gasteiger partial charge is 0.375 e.